The van der Waals surface area contributed by atoms with Crippen LogP contribution in [0, 0.1) is 0 Å². The van der Waals surface area contributed by atoms with Gasteiger partial charge in [0.05, 0.1) is 30.2 Å². The van der Waals surface area contributed by atoms with Gasteiger partial charge in [0.1, 0.15) is 6.04 Å². The number of anilines is 3. The molecular weight excluding hydrogens is 1160 g/mol. The molecule has 3 aliphatic carbocycles. The van der Waals surface area contributed by atoms with Gasteiger partial charge in [-0.2, -0.15) is 0 Å². The Balaban J connectivity index is 1.00. The molecule has 9 rings (SSSR count). The number of likely N-dealkylation sites (N-methyl/N-ethyl adjacent to an activating group) is 2. The summed E-state index contributed by atoms with van der Waals surface area (Å²) < 4.78 is 11.9. The Morgan fingerprint density at radius 2 is 1.10 bits per heavy atom. The van der Waals surface area contributed by atoms with Crippen LogP contribution in [0.25, 0.3) is 21.3 Å². The van der Waals surface area contributed by atoms with Crippen molar-refractivity contribution >= 4 is 63.4 Å². The molecule has 1 aromatic heterocycles. The molecule has 23 nitrogen and oxygen atoms in total. The van der Waals surface area contributed by atoms with Gasteiger partial charge in [0, 0.05) is 105 Å². The summed E-state index contributed by atoms with van der Waals surface area (Å²) >= 11 is 0. The van der Waals surface area contributed by atoms with E-state index in [0.29, 0.717) is 56.0 Å². The molecule has 2 bridgehead atoms. The standard InChI is InChI=1S/C68H91N13O10/c1-78(35-37-90-38-36-79(2)65(87)58-43-49(76-77-72)44-81(58)64(86)45-22-26-53-57(39-45)80(3)67(89)91-66(53)88)62(85)30-31-68-54-40-46(73-59(82)19-13-7-4-10-16-32-69)23-27-50(54)63(51-28-24-47(41-55(51)68)74-60(83)20-14-8-5-11-17-33-70)52-29-25-48(42-56(52)68)75-61(84)21-15-9-6-12-18-34-71/h22-29,39-42,49,58,63H,4-21,30-38,43-44,69-71H2,1-3H3,(H,73,82)(H,74,83)(H,75,84)/t49-,58-,63?,68?/m0/s1. The molecule has 488 valence electrons. The summed E-state index contributed by atoms with van der Waals surface area (Å²) in [6.07, 6.45) is 15.4. The Morgan fingerprint density at radius 1 is 0.637 bits per heavy atom. The third kappa shape index (κ3) is 17.0. The second kappa shape index (κ2) is 33.2. The maximum absolute atomic E-state index is 14.7. The van der Waals surface area contributed by atoms with E-state index >= 15 is 0 Å². The highest BCUT2D eigenvalue weighted by Crippen LogP contribution is 2.62. The number of hydrogen-bond acceptors (Lipinski definition) is 14. The van der Waals surface area contributed by atoms with Crippen LogP contribution in [0.15, 0.2) is 91.9 Å². The maximum Gasteiger partial charge on any atom is 0.422 e. The smallest absolute Gasteiger partial charge is 0.378 e. The molecule has 6 amide bonds. The van der Waals surface area contributed by atoms with Crippen molar-refractivity contribution in [2.24, 2.45) is 29.4 Å². The molecule has 0 radical (unpaired) electrons. The van der Waals surface area contributed by atoms with Crippen LogP contribution in [0.4, 0.5) is 17.1 Å². The molecule has 5 aromatic rings. The van der Waals surface area contributed by atoms with Gasteiger partial charge in [-0.1, -0.05) is 81.1 Å². The lowest BCUT2D eigenvalue weighted by molar-refractivity contribution is -0.134. The number of nitrogens with one attached hydrogen (secondary N) is 3. The molecule has 4 aromatic carbocycles. The number of azide groups is 1. The van der Waals surface area contributed by atoms with E-state index in [1.54, 1.807) is 19.0 Å². The van der Waals surface area contributed by atoms with Crippen molar-refractivity contribution in [2.45, 2.75) is 158 Å². The van der Waals surface area contributed by atoms with E-state index in [1.165, 1.54) is 35.0 Å². The molecule has 91 heavy (non-hydrogen) atoms. The Hall–Kier alpha value is -8.21. The van der Waals surface area contributed by atoms with Crippen molar-refractivity contribution in [3.8, 4) is 0 Å². The summed E-state index contributed by atoms with van der Waals surface area (Å²) in [5.41, 5.74) is 32.6. The number of carbonyl (C=O) groups excluding carboxylic acids is 6. The summed E-state index contributed by atoms with van der Waals surface area (Å²) in [5, 5.41) is 13.5. The number of rotatable bonds is 36. The third-order valence-corrected chi connectivity index (χ3v) is 18.1. The number of aromatic nitrogens is 1. The molecule has 23 heteroatoms. The third-order valence-electron chi connectivity index (χ3n) is 18.1. The average Bonchev–Trinajstić information content (AvgIpc) is 0.931. The van der Waals surface area contributed by atoms with E-state index in [-0.39, 0.29) is 98.1 Å². The summed E-state index contributed by atoms with van der Waals surface area (Å²) in [4.78, 5) is 116. The SMILES string of the molecule is CN(CCOCCN(C)C(=O)[C@@H]1C[C@H](N=[N+]=[N-])CN1C(=O)c1ccc2c(=O)oc(=O)n(C)c2c1)C(=O)CCC12c3cc(NC(=O)CCCCCCCN)ccc3C(c3ccc(NC(=O)CCCCCCCN)cc31)c1ccc(NC(=O)CCCCCCCN)cc12. The van der Waals surface area contributed by atoms with Crippen LogP contribution >= 0.6 is 0 Å². The minimum absolute atomic E-state index is 0.0345. The number of likely N-dealkylation sites (tertiary alicyclic amines) is 1. The molecule has 0 spiro atoms. The molecule has 1 saturated heterocycles. The van der Waals surface area contributed by atoms with Gasteiger partial charge in [-0.05, 0) is 165 Å². The van der Waals surface area contributed by atoms with Crippen molar-refractivity contribution < 1.29 is 37.9 Å². The monoisotopic (exact) mass is 1250 g/mol. The fourth-order valence-electron chi connectivity index (χ4n) is 13.1. The number of fused-ring (bicyclic) bond motifs is 1. The number of hydrogen-bond donors (Lipinski definition) is 6. The van der Waals surface area contributed by atoms with E-state index in [9.17, 15) is 43.9 Å². The summed E-state index contributed by atoms with van der Waals surface area (Å²) in [5.74, 6) is -2.55. The topological polar surface area (TPSA) is 336 Å². The minimum Gasteiger partial charge on any atom is -0.378 e. The lowest BCUT2D eigenvalue weighted by atomic mass is 9.51. The van der Waals surface area contributed by atoms with Crippen LogP contribution < -0.4 is 44.5 Å². The number of ether oxygens (including phenoxy) is 1. The van der Waals surface area contributed by atoms with Crippen molar-refractivity contribution in [3.63, 3.8) is 0 Å². The number of benzene rings is 4. The van der Waals surface area contributed by atoms with Gasteiger partial charge >= 0.3 is 11.4 Å². The number of carbonyl (C=O) groups is 6. The predicted octanol–water partition coefficient (Wildman–Crippen LogP) is 8.65. The summed E-state index contributed by atoms with van der Waals surface area (Å²) in [6.45, 7) is 2.47. The minimum atomic E-state index is -1.01. The average molecular weight is 1250 g/mol. The lowest BCUT2D eigenvalue weighted by Gasteiger charge is -2.51. The van der Waals surface area contributed by atoms with E-state index in [0.717, 1.165) is 134 Å². The van der Waals surface area contributed by atoms with Crippen LogP contribution in [0.1, 0.15) is 184 Å². The summed E-state index contributed by atoms with van der Waals surface area (Å²) in [6, 6.07) is 20.7. The van der Waals surface area contributed by atoms with Crippen LogP contribution in [-0.4, -0.2) is 133 Å². The Kier molecular flexibility index (Phi) is 25.1. The first-order valence-corrected chi connectivity index (χ1v) is 32.5. The van der Waals surface area contributed by atoms with E-state index < -0.39 is 40.7 Å². The molecule has 1 aliphatic heterocycles. The van der Waals surface area contributed by atoms with Crippen molar-refractivity contribution in [3.05, 3.63) is 143 Å². The largest absolute Gasteiger partial charge is 0.422 e. The number of unbranched alkanes of at least 4 members (excludes halogenated alkanes) is 12. The van der Waals surface area contributed by atoms with Crippen LogP contribution in [0.2, 0.25) is 0 Å². The normalized spacial score (nSPS) is 16.8. The Morgan fingerprint density at radius 3 is 1.57 bits per heavy atom. The van der Waals surface area contributed by atoms with Crippen LogP contribution in [0.5, 0.6) is 0 Å². The summed E-state index contributed by atoms with van der Waals surface area (Å²) in [7, 11) is 4.71. The zero-order valence-corrected chi connectivity index (χ0v) is 53.1. The van der Waals surface area contributed by atoms with E-state index in [4.69, 9.17) is 26.4 Å². The van der Waals surface area contributed by atoms with Crippen molar-refractivity contribution in [2.75, 3.05) is 82.5 Å². The molecule has 2 atom stereocenters. The van der Waals surface area contributed by atoms with Crippen LogP contribution in [0.3, 0.4) is 0 Å². The molecule has 4 aliphatic rings. The van der Waals surface area contributed by atoms with E-state index in [2.05, 4.69) is 44.2 Å². The van der Waals surface area contributed by atoms with Crippen LogP contribution in [-0.2, 0) is 41.2 Å². The second-order valence-corrected chi connectivity index (χ2v) is 24.5. The zero-order valence-electron chi connectivity index (χ0n) is 53.1. The van der Waals surface area contributed by atoms with Gasteiger partial charge in [-0.3, -0.25) is 33.3 Å². The first kappa shape index (κ1) is 68.7. The Labute approximate surface area is 531 Å². The fraction of sp³-hybridized carbons (Fsp3) is 0.529. The van der Waals surface area contributed by atoms with Crippen molar-refractivity contribution in [1.29, 1.82) is 0 Å². The highest BCUT2D eigenvalue weighted by Gasteiger charge is 2.52. The second-order valence-electron chi connectivity index (χ2n) is 24.5. The highest BCUT2D eigenvalue weighted by atomic mass is 16.5. The first-order valence-electron chi connectivity index (χ1n) is 32.5. The molecule has 0 unspecified atom stereocenters. The van der Waals surface area contributed by atoms with Crippen molar-refractivity contribution in [1.82, 2.24) is 19.3 Å². The molecule has 9 N–H and O–H groups in total. The molecular formula is C68H91N13O10. The molecule has 1 fully saturated rings. The lowest BCUT2D eigenvalue weighted by Crippen LogP contribution is -2.47. The van der Waals surface area contributed by atoms with Gasteiger partial charge in [0.25, 0.3) is 5.91 Å². The predicted molar refractivity (Wildman–Crippen MR) is 352 cm³/mol. The maximum atomic E-state index is 14.7. The quantitative estimate of drug-likeness (QED) is 0.00947. The molecule has 0 saturated carbocycles. The van der Waals surface area contributed by atoms with Gasteiger partial charge in [0.2, 0.25) is 29.5 Å². The van der Waals surface area contributed by atoms with E-state index in [1.807, 2.05) is 36.4 Å². The van der Waals surface area contributed by atoms with Gasteiger partial charge in [-0.25, -0.2) is 9.59 Å². The zero-order chi connectivity index (χ0) is 65.0. The number of nitrogens with two attached hydrogens (primary N) is 3. The Bertz CT molecular complexity index is 3380. The van der Waals surface area contributed by atoms with Gasteiger partial charge < -0.3 is 57.0 Å². The van der Waals surface area contributed by atoms with Gasteiger partial charge in [-0.15, -0.1) is 0 Å². The number of aryl methyl sites for hydroxylation is 1. The first-order chi connectivity index (χ1) is 44.0. The molecule has 2 heterocycles. The van der Waals surface area contributed by atoms with Gasteiger partial charge in [0.15, 0.2) is 0 Å². The fourth-order valence-corrected chi connectivity index (χ4v) is 13.1. The number of nitrogens with zero attached hydrogens (tertiary/aromatic N) is 7. The number of amides is 6. The highest BCUT2D eigenvalue weighted by molar-refractivity contribution is 6.01.